The average molecular weight is 301 g/mol. The maximum atomic E-state index is 12.8. The van der Waals surface area contributed by atoms with Gasteiger partial charge in [0.15, 0.2) is 0 Å². The zero-order valence-electron chi connectivity index (χ0n) is 11.9. The zero-order valence-corrected chi connectivity index (χ0v) is 12.7. The summed E-state index contributed by atoms with van der Waals surface area (Å²) >= 11 is 6.07. The van der Waals surface area contributed by atoms with E-state index in [1.165, 1.54) is 0 Å². The van der Waals surface area contributed by atoms with Crippen LogP contribution in [-0.2, 0) is 6.42 Å². The highest BCUT2D eigenvalue weighted by molar-refractivity contribution is 6.31. The van der Waals surface area contributed by atoms with E-state index < -0.39 is 0 Å². The fourth-order valence-electron chi connectivity index (χ4n) is 2.88. The zero-order chi connectivity index (χ0) is 15.0. The molecule has 2 aromatic rings. The summed E-state index contributed by atoms with van der Waals surface area (Å²) in [5, 5.41) is 0.586. The number of carbonyl (C=O) groups is 1. The monoisotopic (exact) mass is 300 g/mol. The highest BCUT2D eigenvalue weighted by Crippen LogP contribution is 2.32. The highest BCUT2D eigenvalue weighted by atomic mass is 35.5. The van der Waals surface area contributed by atoms with E-state index in [0.717, 1.165) is 35.3 Å². The first kappa shape index (κ1) is 14.0. The van der Waals surface area contributed by atoms with Gasteiger partial charge < -0.3 is 10.6 Å². The van der Waals surface area contributed by atoms with E-state index in [1.54, 1.807) is 11.0 Å². The molecular formula is C17H17ClN2O. The summed E-state index contributed by atoms with van der Waals surface area (Å²) in [6.45, 7) is 2.64. The van der Waals surface area contributed by atoms with Crippen molar-refractivity contribution in [3.05, 3.63) is 58.1 Å². The Balaban J connectivity index is 2.02. The Kier molecular flexibility index (Phi) is 3.60. The minimum Gasteiger partial charge on any atom is -0.398 e. The quantitative estimate of drug-likeness (QED) is 0.814. The molecule has 3 rings (SSSR count). The number of nitrogens with zero attached hydrogens (tertiary/aromatic N) is 1. The van der Waals surface area contributed by atoms with Crippen molar-refractivity contribution < 1.29 is 4.79 Å². The summed E-state index contributed by atoms with van der Waals surface area (Å²) in [6, 6.07) is 11.2. The van der Waals surface area contributed by atoms with Crippen molar-refractivity contribution in [1.29, 1.82) is 0 Å². The van der Waals surface area contributed by atoms with Crippen molar-refractivity contribution in [3.63, 3.8) is 0 Å². The Hall–Kier alpha value is -2.00. The van der Waals surface area contributed by atoms with Gasteiger partial charge in [0.1, 0.15) is 0 Å². The number of nitrogen functional groups attached to an aromatic ring is 1. The summed E-state index contributed by atoms with van der Waals surface area (Å²) in [5.41, 5.74) is 10.4. The molecule has 0 radical (unpaired) electrons. The lowest BCUT2D eigenvalue weighted by Crippen LogP contribution is -2.35. The highest BCUT2D eigenvalue weighted by Gasteiger charge is 2.24. The van der Waals surface area contributed by atoms with E-state index >= 15 is 0 Å². The number of anilines is 2. The molecule has 108 valence electrons. The summed E-state index contributed by atoms with van der Waals surface area (Å²) in [7, 11) is 0. The van der Waals surface area contributed by atoms with Crippen LogP contribution in [0.4, 0.5) is 11.4 Å². The van der Waals surface area contributed by atoms with Crippen LogP contribution in [0.15, 0.2) is 36.4 Å². The fourth-order valence-corrected chi connectivity index (χ4v) is 3.17. The van der Waals surface area contributed by atoms with Gasteiger partial charge in [0, 0.05) is 28.5 Å². The Morgan fingerprint density at radius 1 is 1.29 bits per heavy atom. The van der Waals surface area contributed by atoms with Crippen molar-refractivity contribution in [2.45, 2.75) is 19.8 Å². The number of carbonyl (C=O) groups excluding carboxylic acids is 1. The molecule has 0 aliphatic carbocycles. The van der Waals surface area contributed by atoms with Crippen molar-refractivity contribution in [1.82, 2.24) is 0 Å². The molecule has 2 aromatic carbocycles. The predicted molar refractivity (Wildman–Crippen MR) is 87.0 cm³/mol. The minimum absolute atomic E-state index is 0.0212. The number of amides is 1. The molecule has 3 nitrogen and oxygen atoms in total. The third kappa shape index (κ3) is 2.61. The Morgan fingerprint density at radius 3 is 2.86 bits per heavy atom. The van der Waals surface area contributed by atoms with Crippen molar-refractivity contribution >= 4 is 28.9 Å². The second-order valence-corrected chi connectivity index (χ2v) is 5.86. The van der Waals surface area contributed by atoms with Crippen molar-refractivity contribution in [2.24, 2.45) is 0 Å². The number of halogens is 1. The van der Waals surface area contributed by atoms with Gasteiger partial charge in [-0.15, -0.1) is 0 Å². The summed E-state index contributed by atoms with van der Waals surface area (Å²) in [5.74, 6) is -0.0212. The van der Waals surface area contributed by atoms with E-state index in [1.807, 2.05) is 37.3 Å². The van der Waals surface area contributed by atoms with E-state index in [0.29, 0.717) is 17.1 Å². The summed E-state index contributed by atoms with van der Waals surface area (Å²) in [6.07, 6.45) is 1.84. The van der Waals surface area contributed by atoms with Crippen LogP contribution in [0, 0.1) is 6.92 Å². The van der Waals surface area contributed by atoms with Crippen LogP contribution >= 0.6 is 11.6 Å². The molecule has 0 spiro atoms. The fraction of sp³-hybridized carbons (Fsp3) is 0.235. The average Bonchev–Trinajstić information content (AvgIpc) is 2.45. The van der Waals surface area contributed by atoms with Gasteiger partial charge in [-0.25, -0.2) is 0 Å². The summed E-state index contributed by atoms with van der Waals surface area (Å²) < 4.78 is 0. The maximum absolute atomic E-state index is 12.8. The Bertz CT molecular complexity index is 692. The van der Waals surface area contributed by atoms with Crippen LogP contribution in [0.2, 0.25) is 5.02 Å². The van der Waals surface area contributed by atoms with E-state index in [4.69, 9.17) is 17.3 Å². The molecule has 0 bridgehead atoms. The van der Waals surface area contributed by atoms with E-state index in [-0.39, 0.29) is 5.91 Å². The van der Waals surface area contributed by atoms with Gasteiger partial charge in [0.2, 0.25) is 0 Å². The van der Waals surface area contributed by atoms with Crippen LogP contribution in [0.3, 0.4) is 0 Å². The lowest BCUT2D eigenvalue weighted by Gasteiger charge is -2.30. The smallest absolute Gasteiger partial charge is 0.258 e. The first-order chi connectivity index (χ1) is 10.1. The van der Waals surface area contributed by atoms with Gasteiger partial charge in [-0.05, 0) is 61.2 Å². The molecule has 1 aliphatic rings. The molecular weight excluding hydrogens is 284 g/mol. The Morgan fingerprint density at radius 2 is 2.10 bits per heavy atom. The lowest BCUT2D eigenvalue weighted by atomic mass is 9.99. The summed E-state index contributed by atoms with van der Waals surface area (Å²) in [4.78, 5) is 14.6. The van der Waals surface area contributed by atoms with Crippen LogP contribution in [-0.4, -0.2) is 12.5 Å². The second-order valence-electron chi connectivity index (χ2n) is 5.42. The van der Waals surface area contributed by atoms with Gasteiger partial charge >= 0.3 is 0 Å². The molecule has 21 heavy (non-hydrogen) atoms. The first-order valence-corrected chi connectivity index (χ1v) is 7.40. The van der Waals surface area contributed by atoms with Gasteiger partial charge in [-0.1, -0.05) is 17.7 Å². The predicted octanol–water partition coefficient (Wildman–Crippen LogP) is 3.82. The Labute approximate surface area is 129 Å². The maximum Gasteiger partial charge on any atom is 0.258 e. The van der Waals surface area contributed by atoms with Gasteiger partial charge in [0.05, 0.1) is 0 Å². The standard InChI is InChI=1S/C17H17ClN2O/c1-11-8-12(10-13(18)9-11)17(21)20-7-3-4-14-15(19)5-2-6-16(14)20/h2,5-6,8-10H,3-4,7,19H2,1H3. The van der Waals surface area contributed by atoms with Crippen LogP contribution in [0.25, 0.3) is 0 Å². The number of nitrogens with two attached hydrogens (primary N) is 1. The molecule has 0 saturated carbocycles. The topological polar surface area (TPSA) is 46.3 Å². The molecule has 0 unspecified atom stereocenters. The largest absolute Gasteiger partial charge is 0.398 e. The third-order valence-electron chi connectivity index (χ3n) is 3.82. The number of aryl methyl sites for hydroxylation is 1. The van der Waals surface area contributed by atoms with E-state index in [2.05, 4.69) is 0 Å². The minimum atomic E-state index is -0.0212. The molecule has 1 aliphatic heterocycles. The van der Waals surface area contributed by atoms with Crippen LogP contribution in [0.1, 0.15) is 27.9 Å². The number of hydrogen-bond acceptors (Lipinski definition) is 2. The first-order valence-electron chi connectivity index (χ1n) is 7.02. The molecule has 0 fully saturated rings. The molecule has 1 heterocycles. The van der Waals surface area contributed by atoms with Gasteiger partial charge in [-0.2, -0.15) is 0 Å². The van der Waals surface area contributed by atoms with Crippen LogP contribution in [0.5, 0.6) is 0 Å². The van der Waals surface area contributed by atoms with Crippen molar-refractivity contribution in [2.75, 3.05) is 17.2 Å². The molecule has 1 amide bonds. The molecule has 4 heteroatoms. The molecule has 0 atom stereocenters. The van der Waals surface area contributed by atoms with Gasteiger partial charge in [0.25, 0.3) is 5.91 Å². The van der Waals surface area contributed by atoms with E-state index in [9.17, 15) is 4.79 Å². The molecule has 0 saturated heterocycles. The SMILES string of the molecule is Cc1cc(Cl)cc(C(=O)N2CCCc3c(N)cccc32)c1. The number of hydrogen-bond donors (Lipinski definition) is 1. The van der Waals surface area contributed by atoms with Gasteiger partial charge in [-0.3, -0.25) is 4.79 Å². The molecule has 2 N–H and O–H groups in total. The third-order valence-corrected chi connectivity index (χ3v) is 4.04. The lowest BCUT2D eigenvalue weighted by molar-refractivity contribution is 0.0985. The normalized spacial score (nSPS) is 13.9. The number of rotatable bonds is 1. The second kappa shape index (κ2) is 5.41. The van der Waals surface area contributed by atoms with Crippen molar-refractivity contribution in [3.8, 4) is 0 Å². The van der Waals surface area contributed by atoms with Crippen LogP contribution < -0.4 is 10.6 Å². The molecule has 0 aromatic heterocycles. The number of fused-ring (bicyclic) bond motifs is 1. The number of benzene rings is 2.